The Bertz CT molecular complexity index is 1040. The Kier molecular flexibility index (Phi) is 7.59. The highest BCUT2D eigenvalue weighted by Gasteiger charge is 2.44. The molecular formula is C21H22Cl2N2O5S. The maximum absolute atomic E-state index is 12.3. The normalized spacial score (nSPS) is 14.6. The molecule has 1 amide bonds. The fourth-order valence-electron chi connectivity index (χ4n) is 3.15. The fourth-order valence-corrected chi connectivity index (χ4v) is 5.32. The van der Waals surface area contributed by atoms with Gasteiger partial charge in [0.05, 0.1) is 16.5 Å². The molecule has 0 saturated heterocycles. The number of ether oxygens (including phenoxy) is 1. The highest BCUT2D eigenvalue weighted by molar-refractivity contribution is 7.89. The lowest BCUT2D eigenvalue weighted by Crippen LogP contribution is -2.35. The van der Waals surface area contributed by atoms with Gasteiger partial charge >= 0.3 is 5.97 Å². The Balaban J connectivity index is 1.39. The standard InChI is InChI=1S/C21H22Cl2N2O5S/c22-16-7-4-8-17(23)20(16)31(28,29)25-12-9-19(27)30-13-18(26)24-14-21(10-11-21)15-5-2-1-3-6-15/h1-8,25H,9-14H2,(H,24,26). The average molecular weight is 485 g/mol. The SMILES string of the molecule is O=C(COC(=O)CCNS(=O)(=O)c1c(Cl)cccc1Cl)NCC1(c2ccccc2)CC1. The van der Waals surface area contributed by atoms with Crippen LogP contribution >= 0.6 is 23.2 Å². The molecule has 31 heavy (non-hydrogen) atoms. The van der Waals surface area contributed by atoms with Gasteiger partial charge in [-0.25, -0.2) is 13.1 Å². The molecule has 0 unspecified atom stereocenters. The number of carbonyl (C=O) groups is 2. The molecule has 166 valence electrons. The van der Waals surface area contributed by atoms with Crippen LogP contribution in [0.25, 0.3) is 0 Å². The third kappa shape index (κ3) is 6.20. The van der Waals surface area contributed by atoms with Gasteiger partial charge < -0.3 is 10.1 Å². The highest BCUT2D eigenvalue weighted by Crippen LogP contribution is 2.47. The summed E-state index contributed by atoms with van der Waals surface area (Å²) in [5.41, 5.74) is 1.14. The number of hydrogen-bond acceptors (Lipinski definition) is 5. The lowest BCUT2D eigenvalue weighted by Gasteiger charge is -2.16. The van der Waals surface area contributed by atoms with Crippen LogP contribution in [-0.4, -0.2) is 40.0 Å². The van der Waals surface area contributed by atoms with Crippen LogP contribution in [0.4, 0.5) is 0 Å². The van der Waals surface area contributed by atoms with Gasteiger partial charge in [-0.2, -0.15) is 0 Å². The van der Waals surface area contributed by atoms with Crippen molar-refractivity contribution in [2.45, 2.75) is 29.6 Å². The van der Waals surface area contributed by atoms with Gasteiger partial charge in [-0.05, 0) is 30.5 Å². The first-order valence-corrected chi connectivity index (χ1v) is 11.9. The molecule has 2 aromatic carbocycles. The van der Waals surface area contributed by atoms with Crippen molar-refractivity contribution >= 4 is 45.1 Å². The van der Waals surface area contributed by atoms with E-state index in [1.165, 1.54) is 23.8 Å². The van der Waals surface area contributed by atoms with Crippen molar-refractivity contribution in [3.8, 4) is 0 Å². The van der Waals surface area contributed by atoms with Gasteiger partial charge in [0.1, 0.15) is 4.90 Å². The van der Waals surface area contributed by atoms with Gasteiger partial charge in [-0.3, -0.25) is 9.59 Å². The van der Waals surface area contributed by atoms with Crippen molar-refractivity contribution in [3.05, 3.63) is 64.1 Å². The molecule has 0 aromatic heterocycles. The Morgan fingerprint density at radius 1 is 1.00 bits per heavy atom. The molecule has 2 N–H and O–H groups in total. The maximum atomic E-state index is 12.3. The number of benzene rings is 2. The Morgan fingerprint density at radius 2 is 1.65 bits per heavy atom. The summed E-state index contributed by atoms with van der Waals surface area (Å²) in [6.07, 6.45) is 1.74. The molecule has 0 atom stereocenters. The van der Waals surface area contributed by atoms with Crippen molar-refractivity contribution < 1.29 is 22.7 Å². The summed E-state index contributed by atoms with van der Waals surface area (Å²) in [4.78, 5) is 23.6. The Morgan fingerprint density at radius 3 is 2.26 bits per heavy atom. The zero-order chi connectivity index (χ0) is 22.5. The van der Waals surface area contributed by atoms with Gasteiger partial charge in [0.25, 0.3) is 5.91 Å². The first-order valence-electron chi connectivity index (χ1n) is 9.65. The summed E-state index contributed by atoms with van der Waals surface area (Å²) in [6, 6.07) is 14.3. The van der Waals surface area contributed by atoms with E-state index in [1.54, 1.807) is 0 Å². The summed E-state index contributed by atoms with van der Waals surface area (Å²) in [6.45, 7) is -0.167. The smallest absolute Gasteiger partial charge is 0.307 e. The molecule has 10 heteroatoms. The lowest BCUT2D eigenvalue weighted by atomic mass is 9.96. The van der Waals surface area contributed by atoms with Gasteiger partial charge in [0.15, 0.2) is 6.61 Å². The minimum Gasteiger partial charge on any atom is -0.456 e. The summed E-state index contributed by atoms with van der Waals surface area (Å²) in [5.74, 6) is -1.11. The van der Waals surface area contributed by atoms with Gasteiger partial charge in [0, 0.05) is 18.5 Å². The van der Waals surface area contributed by atoms with E-state index in [1.807, 2.05) is 30.3 Å². The molecule has 2 aromatic rings. The zero-order valence-corrected chi connectivity index (χ0v) is 18.9. The summed E-state index contributed by atoms with van der Waals surface area (Å²) in [5, 5.41) is 2.75. The van der Waals surface area contributed by atoms with Crippen molar-refractivity contribution in [2.24, 2.45) is 0 Å². The summed E-state index contributed by atoms with van der Waals surface area (Å²) in [7, 11) is -3.99. The second-order valence-corrected chi connectivity index (χ2v) is 9.80. The van der Waals surface area contributed by atoms with Crippen LogP contribution in [0.3, 0.4) is 0 Å². The zero-order valence-electron chi connectivity index (χ0n) is 16.6. The van der Waals surface area contributed by atoms with Gasteiger partial charge in [0.2, 0.25) is 10.0 Å². The van der Waals surface area contributed by atoms with Gasteiger partial charge in [-0.15, -0.1) is 0 Å². The number of carbonyl (C=O) groups excluding carboxylic acids is 2. The Labute approximate surface area is 191 Å². The van der Waals surface area contributed by atoms with E-state index in [0.717, 1.165) is 12.8 Å². The van der Waals surface area contributed by atoms with Crippen LogP contribution < -0.4 is 10.0 Å². The van der Waals surface area contributed by atoms with Crippen molar-refractivity contribution in [1.29, 1.82) is 0 Å². The molecule has 1 aliphatic rings. The van der Waals surface area contributed by atoms with Gasteiger partial charge in [-0.1, -0.05) is 59.6 Å². The number of halogens is 2. The second kappa shape index (κ2) is 9.99. The van der Waals surface area contributed by atoms with E-state index < -0.39 is 28.5 Å². The number of sulfonamides is 1. The van der Waals surface area contributed by atoms with Crippen LogP contribution in [-0.2, 0) is 29.8 Å². The Hall–Kier alpha value is -2.13. The number of hydrogen-bond donors (Lipinski definition) is 2. The lowest BCUT2D eigenvalue weighted by molar-refractivity contribution is -0.148. The predicted octanol–water partition coefficient (Wildman–Crippen LogP) is 3.05. The molecule has 0 heterocycles. The largest absolute Gasteiger partial charge is 0.456 e. The van der Waals surface area contributed by atoms with Crippen molar-refractivity contribution in [1.82, 2.24) is 10.0 Å². The van der Waals surface area contributed by atoms with E-state index in [2.05, 4.69) is 10.0 Å². The minimum absolute atomic E-state index is 0.0248. The number of amides is 1. The highest BCUT2D eigenvalue weighted by atomic mass is 35.5. The molecule has 1 aliphatic carbocycles. The van der Waals surface area contributed by atoms with E-state index in [0.29, 0.717) is 6.54 Å². The first-order chi connectivity index (χ1) is 14.7. The topological polar surface area (TPSA) is 102 Å². The first kappa shape index (κ1) is 23.5. The third-order valence-corrected chi connectivity index (χ3v) is 7.45. The number of nitrogens with one attached hydrogen (secondary N) is 2. The monoisotopic (exact) mass is 484 g/mol. The van der Waals surface area contributed by atoms with Crippen molar-refractivity contribution in [3.63, 3.8) is 0 Å². The molecule has 0 bridgehead atoms. The molecule has 3 rings (SSSR count). The number of rotatable bonds is 10. The molecule has 1 saturated carbocycles. The van der Waals surface area contributed by atoms with E-state index >= 15 is 0 Å². The summed E-state index contributed by atoms with van der Waals surface area (Å²) >= 11 is 11.8. The molecule has 1 fully saturated rings. The van der Waals surface area contributed by atoms with Crippen LogP contribution in [0.1, 0.15) is 24.8 Å². The van der Waals surface area contributed by atoms with E-state index in [4.69, 9.17) is 27.9 Å². The quantitative estimate of drug-likeness (QED) is 0.504. The van der Waals surface area contributed by atoms with Crippen LogP contribution in [0, 0.1) is 0 Å². The average Bonchev–Trinajstić information content (AvgIpc) is 3.52. The van der Waals surface area contributed by atoms with Crippen molar-refractivity contribution in [2.75, 3.05) is 19.7 Å². The third-order valence-electron chi connectivity index (χ3n) is 5.04. The van der Waals surface area contributed by atoms with E-state index in [-0.39, 0.29) is 33.3 Å². The molecular weight excluding hydrogens is 463 g/mol. The van der Waals surface area contributed by atoms with Crippen LogP contribution in [0.2, 0.25) is 10.0 Å². The molecule has 0 radical (unpaired) electrons. The van der Waals surface area contributed by atoms with Crippen LogP contribution in [0.15, 0.2) is 53.4 Å². The maximum Gasteiger partial charge on any atom is 0.307 e. The molecule has 7 nitrogen and oxygen atoms in total. The fraction of sp³-hybridized carbons (Fsp3) is 0.333. The summed E-state index contributed by atoms with van der Waals surface area (Å²) < 4.78 is 31.8. The predicted molar refractivity (Wildman–Crippen MR) is 118 cm³/mol. The van der Waals surface area contributed by atoms with Crippen LogP contribution in [0.5, 0.6) is 0 Å². The molecule has 0 aliphatic heterocycles. The second-order valence-electron chi connectivity index (χ2n) is 7.28. The molecule has 0 spiro atoms. The number of esters is 1. The van der Waals surface area contributed by atoms with E-state index in [9.17, 15) is 18.0 Å². The minimum atomic E-state index is -3.99.